The Morgan fingerprint density at radius 1 is 1.03 bits per heavy atom. The number of rotatable bonds is 6. The molecule has 1 aliphatic carbocycles. The van der Waals surface area contributed by atoms with Crippen LogP contribution in [-0.4, -0.2) is 42.7 Å². The van der Waals surface area contributed by atoms with Gasteiger partial charge in [0, 0.05) is 24.3 Å². The van der Waals surface area contributed by atoms with Gasteiger partial charge in [-0.3, -0.25) is 14.2 Å². The number of hydrogen-bond donors (Lipinski definition) is 3. The first-order valence-electron chi connectivity index (χ1n) is 9.25. The van der Waals surface area contributed by atoms with E-state index in [9.17, 15) is 9.59 Å². The van der Waals surface area contributed by atoms with Crippen molar-refractivity contribution in [2.24, 2.45) is 5.73 Å². The third-order valence-electron chi connectivity index (χ3n) is 4.78. The predicted molar refractivity (Wildman–Crippen MR) is 107 cm³/mol. The monoisotopic (exact) mass is 392 g/mol. The second-order valence-corrected chi connectivity index (χ2v) is 6.84. The summed E-state index contributed by atoms with van der Waals surface area (Å²) in [5, 5.41) is 14.3. The molecule has 1 amide bonds. The van der Waals surface area contributed by atoms with E-state index in [1.165, 1.54) is 12.3 Å². The van der Waals surface area contributed by atoms with Gasteiger partial charge in [-0.1, -0.05) is 6.07 Å². The average Bonchev–Trinajstić information content (AvgIpc) is 3.16. The molecule has 3 heterocycles. The molecule has 2 atom stereocenters. The second-order valence-electron chi connectivity index (χ2n) is 6.84. The van der Waals surface area contributed by atoms with Crippen LogP contribution < -0.4 is 21.9 Å². The fourth-order valence-corrected chi connectivity index (χ4v) is 3.34. The summed E-state index contributed by atoms with van der Waals surface area (Å²) in [6.45, 7) is 0. The summed E-state index contributed by atoms with van der Waals surface area (Å²) in [7, 11) is 0. The number of anilines is 2. The summed E-state index contributed by atoms with van der Waals surface area (Å²) in [5.74, 6) is 0.473. The zero-order valence-corrected chi connectivity index (χ0v) is 15.5. The zero-order chi connectivity index (χ0) is 20.2. The lowest BCUT2D eigenvalue weighted by Crippen LogP contribution is -2.23. The van der Waals surface area contributed by atoms with Crippen molar-refractivity contribution in [1.82, 2.24) is 24.7 Å². The van der Waals surface area contributed by atoms with Crippen LogP contribution in [0.15, 0.2) is 53.7 Å². The molecule has 0 unspecified atom stereocenters. The van der Waals surface area contributed by atoms with E-state index in [4.69, 9.17) is 5.73 Å². The van der Waals surface area contributed by atoms with Crippen molar-refractivity contribution in [3.05, 3.63) is 65.0 Å². The molecule has 0 saturated heterocycles. The smallest absolute Gasteiger partial charge is 0.270 e. The molecular weight excluding hydrogens is 372 g/mol. The van der Waals surface area contributed by atoms with E-state index in [-0.39, 0.29) is 23.3 Å². The highest BCUT2D eigenvalue weighted by molar-refractivity contribution is 5.90. The lowest BCUT2D eigenvalue weighted by Gasteiger charge is -2.15. The van der Waals surface area contributed by atoms with Gasteiger partial charge in [-0.15, -0.1) is 10.2 Å². The molecule has 10 heteroatoms. The molecule has 3 aromatic heterocycles. The van der Waals surface area contributed by atoms with Gasteiger partial charge in [0.05, 0.1) is 18.1 Å². The van der Waals surface area contributed by atoms with E-state index in [1.807, 2.05) is 12.1 Å². The Morgan fingerprint density at radius 3 is 2.52 bits per heavy atom. The van der Waals surface area contributed by atoms with Gasteiger partial charge in [0.2, 0.25) is 5.95 Å². The van der Waals surface area contributed by atoms with Crippen LogP contribution in [0, 0.1) is 0 Å². The van der Waals surface area contributed by atoms with Crippen molar-refractivity contribution < 1.29 is 4.79 Å². The van der Waals surface area contributed by atoms with Crippen LogP contribution >= 0.6 is 0 Å². The lowest BCUT2D eigenvalue weighted by atomic mass is 10.2. The third kappa shape index (κ3) is 4.37. The Hall–Kier alpha value is -3.82. The molecule has 1 fully saturated rings. The van der Waals surface area contributed by atoms with E-state index >= 15 is 0 Å². The Labute approximate surface area is 166 Å². The highest BCUT2D eigenvalue weighted by Crippen LogP contribution is 2.24. The molecule has 148 valence electrons. The van der Waals surface area contributed by atoms with Crippen LogP contribution in [0.2, 0.25) is 0 Å². The summed E-state index contributed by atoms with van der Waals surface area (Å²) in [6, 6.07) is 9.20. The van der Waals surface area contributed by atoms with Crippen molar-refractivity contribution in [1.29, 1.82) is 0 Å². The van der Waals surface area contributed by atoms with E-state index in [1.54, 1.807) is 29.1 Å². The maximum atomic E-state index is 11.9. The van der Waals surface area contributed by atoms with E-state index in [2.05, 4.69) is 30.8 Å². The molecule has 1 saturated carbocycles. The summed E-state index contributed by atoms with van der Waals surface area (Å²) < 4.78 is 1.55. The first-order chi connectivity index (χ1) is 14.1. The molecule has 0 bridgehead atoms. The number of nitrogens with zero attached hydrogens (tertiary/aromatic N) is 5. The van der Waals surface area contributed by atoms with E-state index in [0.29, 0.717) is 5.95 Å². The predicted octanol–water partition coefficient (Wildman–Crippen LogP) is 0.961. The first kappa shape index (κ1) is 18.5. The van der Waals surface area contributed by atoms with E-state index < -0.39 is 5.91 Å². The van der Waals surface area contributed by atoms with Crippen LogP contribution in [0.1, 0.15) is 29.8 Å². The average molecular weight is 392 g/mol. The number of nitrogens with two attached hydrogens (primary N) is 1. The van der Waals surface area contributed by atoms with Crippen LogP contribution in [0.5, 0.6) is 0 Å². The topological polar surface area (TPSA) is 141 Å². The van der Waals surface area contributed by atoms with Gasteiger partial charge in [0.1, 0.15) is 5.82 Å². The molecular formula is C19H20N8O2. The van der Waals surface area contributed by atoms with Gasteiger partial charge in [-0.05, 0) is 37.5 Å². The van der Waals surface area contributed by atoms with Crippen LogP contribution in [0.3, 0.4) is 0 Å². The molecule has 0 aliphatic heterocycles. The maximum absolute atomic E-state index is 11.9. The Morgan fingerprint density at radius 2 is 1.86 bits per heavy atom. The molecule has 0 spiro atoms. The van der Waals surface area contributed by atoms with Gasteiger partial charge < -0.3 is 16.4 Å². The summed E-state index contributed by atoms with van der Waals surface area (Å²) in [6.07, 6.45) is 7.47. The van der Waals surface area contributed by atoms with Crippen LogP contribution in [0.25, 0.3) is 5.69 Å². The maximum Gasteiger partial charge on any atom is 0.270 e. The minimum atomic E-state index is -0.655. The molecule has 4 N–H and O–H groups in total. The zero-order valence-electron chi connectivity index (χ0n) is 15.5. The van der Waals surface area contributed by atoms with Gasteiger partial charge in [0.25, 0.3) is 11.5 Å². The van der Waals surface area contributed by atoms with E-state index in [0.717, 1.165) is 30.8 Å². The number of pyridine rings is 2. The quantitative estimate of drug-likeness (QED) is 0.563. The van der Waals surface area contributed by atoms with Crippen LogP contribution in [0.4, 0.5) is 11.8 Å². The standard InChI is InChI=1S/C19H20N8O2/c20-18(29)15-11-22-19(26-25-15)24-13-5-4-12(9-13)23-16-7-6-14(10-21-16)27-8-2-1-3-17(27)28/h1-3,6-8,10-13H,4-5,9H2,(H2,20,29)(H,21,23)(H,22,24,26)/t12-,13-/m0/s1. The third-order valence-corrected chi connectivity index (χ3v) is 4.78. The number of hydrogen-bond acceptors (Lipinski definition) is 8. The largest absolute Gasteiger partial charge is 0.367 e. The molecule has 0 radical (unpaired) electrons. The Kier molecular flexibility index (Phi) is 5.14. The highest BCUT2D eigenvalue weighted by Gasteiger charge is 2.25. The molecule has 1 aliphatic rings. The van der Waals surface area contributed by atoms with Gasteiger partial charge >= 0.3 is 0 Å². The number of nitrogens with one attached hydrogen (secondary N) is 2. The molecule has 3 aromatic rings. The van der Waals surface area contributed by atoms with Crippen LogP contribution in [-0.2, 0) is 0 Å². The molecule has 4 rings (SSSR count). The summed E-state index contributed by atoms with van der Waals surface area (Å²) >= 11 is 0. The number of aromatic nitrogens is 5. The first-order valence-corrected chi connectivity index (χ1v) is 9.25. The fraction of sp³-hybridized carbons (Fsp3) is 0.263. The normalized spacial score (nSPS) is 18.3. The van der Waals surface area contributed by atoms with Gasteiger partial charge in [0.15, 0.2) is 5.69 Å². The van der Waals surface area contributed by atoms with Crippen molar-refractivity contribution in [2.75, 3.05) is 10.6 Å². The minimum Gasteiger partial charge on any atom is -0.367 e. The number of carbonyl (C=O) groups is 1. The molecule has 10 nitrogen and oxygen atoms in total. The molecule has 29 heavy (non-hydrogen) atoms. The molecule has 0 aromatic carbocycles. The van der Waals surface area contributed by atoms with Crippen molar-refractivity contribution in [3.8, 4) is 5.69 Å². The fourth-order valence-electron chi connectivity index (χ4n) is 3.34. The Bertz CT molecular complexity index is 1050. The Balaban J connectivity index is 1.33. The van der Waals surface area contributed by atoms with Crippen molar-refractivity contribution in [2.45, 2.75) is 31.3 Å². The minimum absolute atomic E-state index is 0.0359. The second kappa shape index (κ2) is 8.05. The number of amides is 1. The number of carbonyl (C=O) groups excluding carboxylic acids is 1. The van der Waals surface area contributed by atoms with Gasteiger partial charge in [-0.2, -0.15) is 0 Å². The summed E-state index contributed by atoms with van der Waals surface area (Å²) in [5.41, 5.74) is 5.79. The number of primary amides is 1. The lowest BCUT2D eigenvalue weighted by molar-refractivity contribution is 0.0994. The highest BCUT2D eigenvalue weighted by atomic mass is 16.1. The van der Waals surface area contributed by atoms with Crippen molar-refractivity contribution in [3.63, 3.8) is 0 Å². The van der Waals surface area contributed by atoms with Crippen molar-refractivity contribution >= 4 is 17.7 Å². The summed E-state index contributed by atoms with van der Waals surface area (Å²) in [4.78, 5) is 31.4. The van der Waals surface area contributed by atoms with Gasteiger partial charge in [-0.25, -0.2) is 9.97 Å². The SMILES string of the molecule is NC(=O)c1cnc(N[C@H]2CC[C@H](Nc3ccc(-n4ccccc4=O)cn3)C2)nn1.